The molecule has 3 unspecified atom stereocenters. The number of benzene rings is 1. The zero-order chi connectivity index (χ0) is 14.8. The molecule has 0 radical (unpaired) electrons. The Kier molecular flexibility index (Phi) is 4.24. The van der Waals surface area contributed by atoms with Crippen molar-refractivity contribution in [3.8, 4) is 0 Å². The minimum absolute atomic E-state index is 0.0559. The molecule has 0 spiro atoms. The first-order valence-corrected chi connectivity index (χ1v) is 7.92. The van der Waals surface area contributed by atoms with Crippen LogP contribution in [-0.4, -0.2) is 18.0 Å². The molecular weight excluding hydrogens is 267 g/mol. The topological polar surface area (TPSA) is 41.1 Å². The molecule has 1 aromatic rings. The molecule has 1 amide bonds. The molecule has 1 saturated carbocycles. The van der Waals surface area contributed by atoms with E-state index in [1.807, 2.05) is 0 Å². The zero-order valence-corrected chi connectivity index (χ0v) is 12.5. The van der Waals surface area contributed by atoms with E-state index in [4.69, 9.17) is 0 Å². The van der Waals surface area contributed by atoms with Crippen LogP contribution in [0.2, 0.25) is 0 Å². The molecule has 1 aromatic carbocycles. The first-order valence-electron chi connectivity index (χ1n) is 7.92. The minimum atomic E-state index is -0.202. The largest absolute Gasteiger partial charge is 0.351 e. The summed E-state index contributed by atoms with van der Waals surface area (Å²) in [6.45, 7) is 2.21. The number of hydrogen-bond donors (Lipinski definition) is 2. The van der Waals surface area contributed by atoms with Gasteiger partial charge in [-0.3, -0.25) is 4.79 Å². The molecule has 4 heteroatoms. The molecule has 3 nitrogen and oxygen atoms in total. The minimum Gasteiger partial charge on any atom is -0.351 e. The molecule has 2 N–H and O–H groups in total. The Morgan fingerprint density at radius 2 is 2.19 bits per heavy atom. The van der Waals surface area contributed by atoms with Gasteiger partial charge in [0.05, 0.1) is 6.04 Å². The molecule has 2 aliphatic rings. The summed E-state index contributed by atoms with van der Waals surface area (Å²) in [5.41, 5.74) is 1.56. The van der Waals surface area contributed by atoms with E-state index in [-0.39, 0.29) is 17.8 Å². The Labute approximate surface area is 125 Å². The molecule has 114 valence electrons. The van der Waals surface area contributed by atoms with E-state index in [0.29, 0.717) is 24.1 Å². The standard InChI is InChI=1S/C17H23FN2O/c1-11-8-12(6-7-14(11)18)10-19-17(21)16-9-13-4-2-3-5-15(13)20-16/h6-8,13,15-16,20H,2-5,9-10H2,1H3,(H,19,21). The van der Waals surface area contributed by atoms with Crippen LogP contribution in [0.5, 0.6) is 0 Å². The number of carbonyl (C=O) groups excluding carboxylic acids is 1. The van der Waals surface area contributed by atoms with E-state index in [0.717, 1.165) is 12.0 Å². The quantitative estimate of drug-likeness (QED) is 0.898. The summed E-state index contributed by atoms with van der Waals surface area (Å²) in [4.78, 5) is 12.3. The fraction of sp³-hybridized carbons (Fsp3) is 0.588. The average Bonchev–Trinajstić information content (AvgIpc) is 2.92. The summed E-state index contributed by atoms with van der Waals surface area (Å²) in [6.07, 6.45) is 5.98. The zero-order valence-electron chi connectivity index (χ0n) is 12.5. The maximum absolute atomic E-state index is 13.2. The molecule has 0 aromatic heterocycles. The molecule has 3 rings (SSSR count). The Morgan fingerprint density at radius 3 is 2.95 bits per heavy atom. The summed E-state index contributed by atoms with van der Waals surface area (Å²) in [6, 6.07) is 5.45. The predicted octanol–water partition coefficient (Wildman–Crippen LogP) is 2.67. The van der Waals surface area contributed by atoms with Crippen molar-refractivity contribution in [2.24, 2.45) is 5.92 Å². The maximum Gasteiger partial charge on any atom is 0.237 e. The Morgan fingerprint density at radius 1 is 1.38 bits per heavy atom. The molecule has 1 aliphatic heterocycles. The van der Waals surface area contributed by atoms with E-state index >= 15 is 0 Å². The third-order valence-corrected chi connectivity index (χ3v) is 4.87. The van der Waals surface area contributed by atoms with Crippen LogP contribution in [0.25, 0.3) is 0 Å². The first-order chi connectivity index (χ1) is 10.1. The highest BCUT2D eigenvalue weighted by molar-refractivity contribution is 5.82. The van der Waals surface area contributed by atoms with Gasteiger partial charge in [0, 0.05) is 12.6 Å². The smallest absolute Gasteiger partial charge is 0.237 e. The van der Waals surface area contributed by atoms with Crippen LogP contribution >= 0.6 is 0 Å². The van der Waals surface area contributed by atoms with E-state index in [1.54, 1.807) is 19.1 Å². The molecule has 1 heterocycles. The van der Waals surface area contributed by atoms with E-state index in [1.165, 1.54) is 31.7 Å². The lowest BCUT2D eigenvalue weighted by molar-refractivity contribution is -0.123. The summed E-state index contributed by atoms with van der Waals surface area (Å²) in [5, 5.41) is 6.45. The molecular formula is C17H23FN2O. The highest BCUT2D eigenvalue weighted by Gasteiger charge is 2.37. The number of rotatable bonds is 3. The van der Waals surface area contributed by atoms with Crippen molar-refractivity contribution >= 4 is 5.91 Å². The van der Waals surface area contributed by atoms with Gasteiger partial charge in [-0.25, -0.2) is 4.39 Å². The van der Waals surface area contributed by atoms with Crippen LogP contribution in [0.3, 0.4) is 0 Å². The lowest BCUT2D eigenvalue weighted by Crippen LogP contribution is -2.42. The Bertz CT molecular complexity index is 518. The Hall–Kier alpha value is -1.42. The second-order valence-corrected chi connectivity index (χ2v) is 6.41. The number of amides is 1. The second kappa shape index (κ2) is 6.14. The third-order valence-electron chi connectivity index (χ3n) is 4.87. The number of hydrogen-bond acceptors (Lipinski definition) is 2. The van der Waals surface area contributed by atoms with Crippen molar-refractivity contribution < 1.29 is 9.18 Å². The lowest BCUT2D eigenvalue weighted by Gasteiger charge is -2.24. The van der Waals surface area contributed by atoms with Crippen molar-refractivity contribution in [2.75, 3.05) is 0 Å². The van der Waals surface area contributed by atoms with Gasteiger partial charge in [-0.15, -0.1) is 0 Å². The SMILES string of the molecule is Cc1cc(CNC(=O)C2CC3CCCCC3N2)ccc1F. The van der Waals surface area contributed by atoms with Gasteiger partial charge < -0.3 is 10.6 Å². The number of halogens is 1. The van der Waals surface area contributed by atoms with Crippen LogP contribution in [0, 0.1) is 18.7 Å². The maximum atomic E-state index is 13.2. The number of fused-ring (bicyclic) bond motifs is 1. The van der Waals surface area contributed by atoms with Crippen molar-refractivity contribution in [3.05, 3.63) is 35.1 Å². The van der Waals surface area contributed by atoms with Crippen LogP contribution in [-0.2, 0) is 11.3 Å². The van der Waals surface area contributed by atoms with Crippen molar-refractivity contribution in [2.45, 2.75) is 57.7 Å². The molecule has 21 heavy (non-hydrogen) atoms. The van der Waals surface area contributed by atoms with Crippen molar-refractivity contribution in [1.82, 2.24) is 10.6 Å². The summed E-state index contributed by atoms with van der Waals surface area (Å²) >= 11 is 0. The van der Waals surface area contributed by atoms with Crippen LogP contribution in [0.1, 0.15) is 43.2 Å². The van der Waals surface area contributed by atoms with Gasteiger partial charge in [0.2, 0.25) is 5.91 Å². The van der Waals surface area contributed by atoms with E-state index < -0.39 is 0 Å². The van der Waals surface area contributed by atoms with Crippen LogP contribution < -0.4 is 10.6 Å². The third kappa shape index (κ3) is 3.26. The van der Waals surface area contributed by atoms with Crippen molar-refractivity contribution in [1.29, 1.82) is 0 Å². The molecule has 1 aliphatic carbocycles. The fourth-order valence-corrected chi connectivity index (χ4v) is 3.65. The van der Waals surface area contributed by atoms with E-state index in [2.05, 4.69) is 10.6 Å². The van der Waals surface area contributed by atoms with Crippen molar-refractivity contribution in [3.63, 3.8) is 0 Å². The molecule has 0 bridgehead atoms. The van der Waals surface area contributed by atoms with E-state index in [9.17, 15) is 9.18 Å². The van der Waals surface area contributed by atoms with Crippen LogP contribution in [0.4, 0.5) is 4.39 Å². The molecule has 3 atom stereocenters. The number of nitrogens with one attached hydrogen (secondary N) is 2. The van der Waals surface area contributed by atoms with Gasteiger partial charge in [0.25, 0.3) is 0 Å². The fourth-order valence-electron chi connectivity index (χ4n) is 3.65. The highest BCUT2D eigenvalue weighted by Crippen LogP contribution is 2.33. The second-order valence-electron chi connectivity index (χ2n) is 6.41. The van der Waals surface area contributed by atoms with Gasteiger partial charge in [-0.2, -0.15) is 0 Å². The lowest BCUT2D eigenvalue weighted by atomic mass is 9.85. The summed E-state index contributed by atoms with van der Waals surface area (Å²) in [7, 11) is 0. The van der Waals surface area contributed by atoms with Gasteiger partial charge in [0.1, 0.15) is 5.82 Å². The number of aryl methyl sites for hydroxylation is 1. The van der Waals surface area contributed by atoms with Gasteiger partial charge in [-0.05, 0) is 49.3 Å². The van der Waals surface area contributed by atoms with Gasteiger partial charge in [-0.1, -0.05) is 25.0 Å². The number of carbonyl (C=O) groups is 1. The molecule has 2 fully saturated rings. The Balaban J connectivity index is 1.53. The monoisotopic (exact) mass is 290 g/mol. The predicted molar refractivity (Wildman–Crippen MR) is 80.3 cm³/mol. The first kappa shape index (κ1) is 14.5. The normalized spacial score (nSPS) is 28.2. The van der Waals surface area contributed by atoms with Gasteiger partial charge >= 0.3 is 0 Å². The summed E-state index contributed by atoms with van der Waals surface area (Å²) in [5.74, 6) is 0.542. The highest BCUT2D eigenvalue weighted by atomic mass is 19.1. The van der Waals surface area contributed by atoms with Gasteiger partial charge in [0.15, 0.2) is 0 Å². The van der Waals surface area contributed by atoms with Crippen LogP contribution in [0.15, 0.2) is 18.2 Å². The molecule has 1 saturated heterocycles. The summed E-state index contributed by atoms with van der Waals surface area (Å²) < 4.78 is 13.2. The average molecular weight is 290 g/mol.